The van der Waals surface area contributed by atoms with E-state index >= 15 is 0 Å². The van der Waals surface area contributed by atoms with Crippen LogP contribution in [0.3, 0.4) is 0 Å². The summed E-state index contributed by atoms with van der Waals surface area (Å²) >= 11 is 0. The molecule has 0 spiro atoms. The molecule has 3 nitrogen and oxygen atoms in total. The van der Waals surface area contributed by atoms with Gasteiger partial charge < -0.3 is 0 Å². The van der Waals surface area contributed by atoms with E-state index in [0.29, 0.717) is 5.56 Å². The smallest absolute Gasteiger partial charge is 0.151 e. The van der Waals surface area contributed by atoms with Gasteiger partial charge in [0.1, 0.15) is 0 Å². The van der Waals surface area contributed by atoms with Crippen molar-refractivity contribution < 1.29 is 4.79 Å². The summed E-state index contributed by atoms with van der Waals surface area (Å²) in [6.45, 7) is 1.90. The van der Waals surface area contributed by atoms with Crippen LogP contribution in [0.15, 0.2) is 24.5 Å². The molecule has 0 saturated heterocycles. The monoisotopic (exact) mass is 172 g/mol. The maximum Gasteiger partial charge on any atom is 0.151 e. The fraction of sp³-hybridized carbons (Fsp3) is 0.100. The molecule has 0 bridgehead atoms. The number of aryl methyl sites for hydroxylation is 1. The zero-order chi connectivity index (χ0) is 9.26. The lowest BCUT2D eigenvalue weighted by Gasteiger charge is -1.99. The highest BCUT2D eigenvalue weighted by Crippen LogP contribution is 2.13. The number of rotatable bonds is 1. The SMILES string of the molecule is Cc1nccc2cc(C=O)cnc12. The van der Waals surface area contributed by atoms with Crippen LogP contribution >= 0.6 is 0 Å². The zero-order valence-electron chi connectivity index (χ0n) is 7.19. The van der Waals surface area contributed by atoms with Crippen molar-refractivity contribution in [3.05, 3.63) is 35.8 Å². The molecule has 0 radical (unpaired) electrons. The number of hydrogen-bond donors (Lipinski definition) is 0. The lowest BCUT2D eigenvalue weighted by molar-refractivity contribution is 0.112. The molecule has 0 aromatic carbocycles. The Hall–Kier alpha value is -1.77. The van der Waals surface area contributed by atoms with Crippen molar-refractivity contribution in [2.45, 2.75) is 6.92 Å². The first-order valence-electron chi connectivity index (χ1n) is 3.98. The predicted octanol–water partition coefficient (Wildman–Crippen LogP) is 1.75. The standard InChI is InChI=1S/C10H8N2O/c1-7-10-9(2-3-11-7)4-8(6-13)5-12-10/h2-6H,1H3. The Kier molecular flexibility index (Phi) is 1.77. The number of carbonyl (C=O) groups excluding carboxylic acids is 1. The first kappa shape index (κ1) is 7.86. The Bertz CT molecular complexity index is 465. The van der Waals surface area contributed by atoms with Gasteiger partial charge in [0.15, 0.2) is 6.29 Å². The molecule has 64 valence electrons. The lowest BCUT2D eigenvalue weighted by atomic mass is 10.2. The van der Waals surface area contributed by atoms with Crippen LogP contribution in [-0.2, 0) is 0 Å². The molecular weight excluding hydrogens is 164 g/mol. The Balaban J connectivity index is 2.79. The second-order valence-corrected chi connectivity index (χ2v) is 2.85. The summed E-state index contributed by atoms with van der Waals surface area (Å²) in [5.41, 5.74) is 2.33. The second kappa shape index (κ2) is 2.94. The highest BCUT2D eigenvalue weighted by molar-refractivity contribution is 5.86. The normalized spacial score (nSPS) is 10.2. The number of carbonyl (C=O) groups is 1. The Morgan fingerprint density at radius 3 is 3.00 bits per heavy atom. The third-order valence-corrected chi connectivity index (χ3v) is 1.94. The van der Waals surface area contributed by atoms with E-state index in [1.807, 2.05) is 19.1 Å². The van der Waals surface area contributed by atoms with Crippen molar-refractivity contribution in [2.75, 3.05) is 0 Å². The van der Waals surface area contributed by atoms with Gasteiger partial charge in [0.2, 0.25) is 0 Å². The summed E-state index contributed by atoms with van der Waals surface area (Å²) < 4.78 is 0. The van der Waals surface area contributed by atoms with Gasteiger partial charge in [-0.1, -0.05) is 0 Å². The van der Waals surface area contributed by atoms with Crippen molar-refractivity contribution in [1.82, 2.24) is 9.97 Å². The third-order valence-electron chi connectivity index (χ3n) is 1.94. The minimum Gasteiger partial charge on any atom is -0.298 e. The molecular formula is C10H8N2O. The molecule has 0 N–H and O–H groups in total. The van der Waals surface area contributed by atoms with Crippen LogP contribution in [0, 0.1) is 6.92 Å². The largest absolute Gasteiger partial charge is 0.298 e. The van der Waals surface area contributed by atoms with Crippen LogP contribution in [0.1, 0.15) is 16.1 Å². The van der Waals surface area contributed by atoms with Gasteiger partial charge >= 0.3 is 0 Å². The van der Waals surface area contributed by atoms with Crippen molar-refractivity contribution >= 4 is 17.2 Å². The summed E-state index contributed by atoms with van der Waals surface area (Å²) in [5, 5.41) is 0.956. The molecule has 2 rings (SSSR count). The number of aldehydes is 1. The van der Waals surface area contributed by atoms with Crippen LogP contribution in [0.25, 0.3) is 10.9 Å². The van der Waals surface area contributed by atoms with Crippen LogP contribution in [-0.4, -0.2) is 16.3 Å². The number of aromatic nitrogens is 2. The van der Waals surface area contributed by atoms with Gasteiger partial charge in [-0.3, -0.25) is 14.8 Å². The molecule has 0 unspecified atom stereocenters. The highest BCUT2D eigenvalue weighted by atomic mass is 16.1. The predicted molar refractivity (Wildman–Crippen MR) is 49.7 cm³/mol. The molecule has 0 atom stereocenters. The van der Waals surface area contributed by atoms with Crippen LogP contribution in [0.4, 0.5) is 0 Å². The lowest BCUT2D eigenvalue weighted by Crippen LogP contribution is -1.89. The molecule has 0 saturated carbocycles. The Morgan fingerprint density at radius 1 is 1.38 bits per heavy atom. The fourth-order valence-electron chi connectivity index (χ4n) is 1.28. The first-order valence-corrected chi connectivity index (χ1v) is 3.98. The Morgan fingerprint density at radius 2 is 2.23 bits per heavy atom. The van der Waals surface area contributed by atoms with E-state index in [4.69, 9.17) is 0 Å². The summed E-state index contributed by atoms with van der Waals surface area (Å²) in [5.74, 6) is 0. The molecule has 0 fully saturated rings. The maximum absolute atomic E-state index is 10.5. The summed E-state index contributed by atoms with van der Waals surface area (Å²) in [4.78, 5) is 18.7. The summed E-state index contributed by atoms with van der Waals surface area (Å²) in [6.07, 6.45) is 4.07. The summed E-state index contributed by atoms with van der Waals surface area (Å²) in [6, 6.07) is 3.66. The molecule has 2 aromatic rings. The van der Waals surface area contributed by atoms with Crippen LogP contribution < -0.4 is 0 Å². The van der Waals surface area contributed by atoms with Gasteiger partial charge in [0.25, 0.3) is 0 Å². The van der Waals surface area contributed by atoms with E-state index in [9.17, 15) is 4.79 Å². The minimum atomic E-state index is 0.595. The van der Waals surface area contributed by atoms with Crippen molar-refractivity contribution in [3.63, 3.8) is 0 Å². The average Bonchev–Trinajstić information content (AvgIpc) is 2.18. The van der Waals surface area contributed by atoms with E-state index in [0.717, 1.165) is 22.9 Å². The van der Waals surface area contributed by atoms with Crippen LogP contribution in [0.5, 0.6) is 0 Å². The number of pyridine rings is 2. The van der Waals surface area contributed by atoms with E-state index in [1.54, 1.807) is 12.4 Å². The van der Waals surface area contributed by atoms with Gasteiger partial charge in [-0.25, -0.2) is 0 Å². The van der Waals surface area contributed by atoms with Crippen LogP contribution in [0.2, 0.25) is 0 Å². The van der Waals surface area contributed by atoms with Crippen molar-refractivity contribution in [2.24, 2.45) is 0 Å². The maximum atomic E-state index is 10.5. The van der Waals surface area contributed by atoms with Gasteiger partial charge in [-0.05, 0) is 19.1 Å². The molecule has 0 aliphatic carbocycles. The second-order valence-electron chi connectivity index (χ2n) is 2.85. The van der Waals surface area contributed by atoms with Gasteiger partial charge in [0.05, 0.1) is 11.2 Å². The molecule has 0 aliphatic rings. The van der Waals surface area contributed by atoms with Gasteiger partial charge in [0, 0.05) is 23.3 Å². The van der Waals surface area contributed by atoms with E-state index in [2.05, 4.69) is 9.97 Å². The first-order chi connectivity index (χ1) is 6.31. The summed E-state index contributed by atoms with van der Waals surface area (Å²) in [7, 11) is 0. The quantitative estimate of drug-likeness (QED) is 0.615. The van der Waals surface area contributed by atoms with Gasteiger partial charge in [-0.2, -0.15) is 0 Å². The Labute approximate surface area is 75.4 Å². The van der Waals surface area contributed by atoms with Crippen molar-refractivity contribution in [3.8, 4) is 0 Å². The van der Waals surface area contributed by atoms with E-state index in [-0.39, 0.29) is 0 Å². The number of fused-ring (bicyclic) bond motifs is 1. The molecule has 2 heterocycles. The van der Waals surface area contributed by atoms with Gasteiger partial charge in [-0.15, -0.1) is 0 Å². The van der Waals surface area contributed by atoms with E-state index in [1.165, 1.54) is 0 Å². The zero-order valence-corrected chi connectivity index (χ0v) is 7.19. The molecule has 0 amide bonds. The average molecular weight is 172 g/mol. The van der Waals surface area contributed by atoms with E-state index < -0.39 is 0 Å². The van der Waals surface area contributed by atoms with Crippen molar-refractivity contribution in [1.29, 1.82) is 0 Å². The minimum absolute atomic E-state index is 0.595. The number of hydrogen-bond acceptors (Lipinski definition) is 3. The fourth-order valence-corrected chi connectivity index (χ4v) is 1.28. The molecule has 0 aliphatic heterocycles. The molecule has 3 heteroatoms. The molecule has 2 aromatic heterocycles. The molecule has 13 heavy (non-hydrogen) atoms. The highest BCUT2D eigenvalue weighted by Gasteiger charge is 1.99. The topological polar surface area (TPSA) is 42.9 Å². The third kappa shape index (κ3) is 1.28. The number of nitrogens with zero attached hydrogens (tertiary/aromatic N) is 2.